The van der Waals surface area contributed by atoms with Gasteiger partial charge in [0.05, 0.1) is 18.3 Å². The van der Waals surface area contributed by atoms with Crippen LogP contribution in [-0.4, -0.2) is 43.0 Å². The summed E-state index contributed by atoms with van der Waals surface area (Å²) < 4.78 is 4.19. The third kappa shape index (κ3) is 3.29. The van der Waals surface area contributed by atoms with Gasteiger partial charge < -0.3 is 19.2 Å². The van der Waals surface area contributed by atoms with E-state index in [0.29, 0.717) is 12.6 Å². The van der Waals surface area contributed by atoms with E-state index >= 15 is 0 Å². The highest BCUT2D eigenvalue weighted by atomic mass is 16.2. The third-order valence-electron chi connectivity index (χ3n) is 4.98. The Morgan fingerprint density at radius 3 is 3.12 bits per heavy atom. The van der Waals surface area contributed by atoms with Crippen LogP contribution in [0.1, 0.15) is 37.3 Å². The Hall–Kier alpha value is -2.83. The Bertz CT molecular complexity index is 865. The first-order valence-electron chi connectivity index (χ1n) is 9.21. The maximum Gasteiger partial charge on any atom is 0.317 e. The van der Waals surface area contributed by atoms with Gasteiger partial charge in [0.2, 0.25) is 0 Å². The number of hydrogen-bond donors (Lipinski definition) is 1. The maximum atomic E-state index is 12.6. The van der Waals surface area contributed by atoms with E-state index in [-0.39, 0.29) is 6.03 Å². The van der Waals surface area contributed by atoms with Crippen LogP contribution in [0.2, 0.25) is 0 Å². The summed E-state index contributed by atoms with van der Waals surface area (Å²) in [6.07, 6.45) is 10.8. The van der Waals surface area contributed by atoms with Gasteiger partial charge in [0.15, 0.2) is 0 Å². The summed E-state index contributed by atoms with van der Waals surface area (Å²) in [6.45, 7) is 4.07. The number of carbonyl (C=O) groups is 1. The molecule has 4 heterocycles. The van der Waals surface area contributed by atoms with Gasteiger partial charge in [-0.1, -0.05) is 13.0 Å². The number of likely N-dealkylation sites (tertiary alicyclic amines) is 1. The first-order chi connectivity index (χ1) is 12.7. The van der Waals surface area contributed by atoms with E-state index in [1.807, 2.05) is 52.3 Å². The van der Waals surface area contributed by atoms with Crippen molar-refractivity contribution in [2.24, 2.45) is 0 Å². The summed E-state index contributed by atoms with van der Waals surface area (Å²) in [5.74, 6) is 1.09. The SMILES string of the molecule is CCc1nccn1C1CCCN(C(=O)NCc2cn3ccccc3n2)C1. The molecule has 0 aromatic carbocycles. The number of hydrogen-bond acceptors (Lipinski definition) is 3. The lowest BCUT2D eigenvalue weighted by atomic mass is 10.1. The van der Waals surface area contributed by atoms with Gasteiger partial charge in [-0.2, -0.15) is 0 Å². The number of pyridine rings is 1. The van der Waals surface area contributed by atoms with Crippen LogP contribution in [-0.2, 0) is 13.0 Å². The number of piperidine rings is 1. The molecule has 7 heteroatoms. The largest absolute Gasteiger partial charge is 0.332 e. The van der Waals surface area contributed by atoms with Crippen LogP contribution >= 0.6 is 0 Å². The molecule has 1 aliphatic rings. The lowest BCUT2D eigenvalue weighted by Crippen LogP contribution is -2.45. The number of amides is 2. The Balaban J connectivity index is 1.38. The number of rotatable bonds is 4. The van der Waals surface area contributed by atoms with Crippen LogP contribution in [0.25, 0.3) is 5.65 Å². The van der Waals surface area contributed by atoms with Gasteiger partial charge in [-0.05, 0) is 25.0 Å². The topological polar surface area (TPSA) is 67.5 Å². The number of nitrogens with zero attached hydrogens (tertiary/aromatic N) is 5. The first kappa shape index (κ1) is 16.6. The highest BCUT2D eigenvalue weighted by molar-refractivity contribution is 5.74. The second-order valence-electron chi connectivity index (χ2n) is 6.70. The third-order valence-corrected chi connectivity index (χ3v) is 4.98. The highest BCUT2D eigenvalue weighted by Gasteiger charge is 2.25. The molecule has 1 unspecified atom stereocenters. The molecule has 0 spiro atoms. The zero-order valence-electron chi connectivity index (χ0n) is 15.0. The smallest absolute Gasteiger partial charge is 0.317 e. The Labute approximate surface area is 152 Å². The standard InChI is InChI=1S/C19H24N6O/c1-2-17-20-8-11-25(17)16-6-5-10-24(14-16)19(26)21-12-15-13-23-9-4-3-7-18(23)22-15/h3-4,7-9,11,13,16H,2,5-6,10,12,14H2,1H3,(H,21,26). The fourth-order valence-electron chi connectivity index (χ4n) is 3.67. The van der Waals surface area contributed by atoms with Crippen molar-refractivity contribution in [3.63, 3.8) is 0 Å². The van der Waals surface area contributed by atoms with E-state index in [1.165, 1.54) is 0 Å². The molecule has 2 amide bonds. The van der Waals surface area contributed by atoms with Crippen LogP contribution < -0.4 is 5.32 Å². The second-order valence-corrected chi connectivity index (χ2v) is 6.70. The zero-order valence-corrected chi connectivity index (χ0v) is 15.0. The first-order valence-corrected chi connectivity index (χ1v) is 9.21. The number of urea groups is 1. The summed E-state index contributed by atoms with van der Waals surface area (Å²) in [6, 6.07) is 6.16. The van der Waals surface area contributed by atoms with Crippen molar-refractivity contribution < 1.29 is 4.79 Å². The molecule has 3 aromatic rings. The molecule has 136 valence electrons. The van der Waals surface area contributed by atoms with E-state index in [1.54, 1.807) is 0 Å². The van der Waals surface area contributed by atoms with Crippen LogP contribution in [0.4, 0.5) is 4.79 Å². The normalized spacial score (nSPS) is 17.6. The van der Waals surface area contributed by atoms with E-state index in [2.05, 4.69) is 26.8 Å². The molecule has 1 N–H and O–H groups in total. The minimum absolute atomic E-state index is 0.0232. The van der Waals surface area contributed by atoms with Crippen molar-refractivity contribution in [2.45, 2.75) is 38.8 Å². The average molecular weight is 352 g/mol. The molecule has 0 bridgehead atoms. The number of aromatic nitrogens is 4. The fraction of sp³-hybridized carbons (Fsp3) is 0.421. The molecule has 0 saturated carbocycles. The van der Waals surface area contributed by atoms with Gasteiger partial charge in [-0.3, -0.25) is 0 Å². The minimum atomic E-state index is -0.0232. The van der Waals surface area contributed by atoms with Crippen molar-refractivity contribution in [1.82, 2.24) is 29.2 Å². The van der Waals surface area contributed by atoms with E-state index in [4.69, 9.17) is 0 Å². The molecular formula is C19H24N6O. The van der Waals surface area contributed by atoms with Crippen molar-refractivity contribution in [3.8, 4) is 0 Å². The Morgan fingerprint density at radius 1 is 1.35 bits per heavy atom. The van der Waals surface area contributed by atoms with Crippen LogP contribution in [0, 0.1) is 0 Å². The van der Waals surface area contributed by atoms with Gasteiger partial charge in [0.25, 0.3) is 0 Å². The molecule has 7 nitrogen and oxygen atoms in total. The van der Waals surface area contributed by atoms with Crippen molar-refractivity contribution >= 4 is 11.7 Å². The maximum absolute atomic E-state index is 12.6. The van der Waals surface area contributed by atoms with E-state index in [9.17, 15) is 4.79 Å². The van der Waals surface area contributed by atoms with E-state index in [0.717, 1.165) is 49.5 Å². The predicted molar refractivity (Wildman–Crippen MR) is 98.9 cm³/mol. The summed E-state index contributed by atoms with van der Waals surface area (Å²) in [5, 5.41) is 3.01. The summed E-state index contributed by atoms with van der Waals surface area (Å²) >= 11 is 0. The summed E-state index contributed by atoms with van der Waals surface area (Å²) in [4.78, 5) is 23.5. The van der Waals surface area contributed by atoms with Gasteiger partial charge in [0.1, 0.15) is 11.5 Å². The second kappa shape index (κ2) is 7.19. The predicted octanol–water partition coefficient (Wildman–Crippen LogP) is 2.64. The Kier molecular flexibility index (Phi) is 4.60. The molecular weight excluding hydrogens is 328 g/mol. The van der Waals surface area contributed by atoms with Crippen LogP contribution in [0.5, 0.6) is 0 Å². The zero-order chi connectivity index (χ0) is 17.9. The molecule has 1 saturated heterocycles. The number of nitrogens with one attached hydrogen (secondary N) is 1. The molecule has 3 aromatic heterocycles. The molecule has 26 heavy (non-hydrogen) atoms. The van der Waals surface area contributed by atoms with Gasteiger partial charge in [-0.25, -0.2) is 14.8 Å². The van der Waals surface area contributed by atoms with E-state index < -0.39 is 0 Å². The monoisotopic (exact) mass is 352 g/mol. The lowest BCUT2D eigenvalue weighted by Gasteiger charge is -2.34. The molecule has 4 rings (SSSR count). The number of aryl methyl sites for hydroxylation is 1. The lowest BCUT2D eigenvalue weighted by molar-refractivity contribution is 0.165. The quantitative estimate of drug-likeness (QED) is 0.785. The Morgan fingerprint density at radius 2 is 2.27 bits per heavy atom. The summed E-state index contributed by atoms with van der Waals surface area (Å²) in [5.41, 5.74) is 1.75. The highest BCUT2D eigenvalue weighted by Crippen LogP contribution is 2.23. The van der Waals surface area contributed by atoms with Crippen molar-refractivity contribution in [3.05, 3.63) is 54.5 Å². The van der Waals surface area contributed by atoms with Gasteiger partial charge in [0, 0.05) is 44.3 Å². The molecule has 1 fully saturated rings. The molecule has 0 aliphatic carbocycles. The minimum Gasteiger partial charge on any atom is -0.332 e. The molecule has 1 aliphatic heterocycles. The van der Waals surface area contributed by atoms with Crippen LogP contribution in [0.15, 0.2) is 43.0 Å². The summed E-state index contributed by atoms with van der Waals surface area (Å²) in [7, 11) is 0. The number of carbonyl (C=O) groups excluding carboxylic acids is 1. The fourth-order valence-corrected chi connectivity index (χ4v) is 3.67. The number of imidazole rings is 2. The van der Waals surface area contributed by atoms with Gasteiger partial charge >= 0.3 is 6.03 Å². The van der Waals surface area contributed by atoms with Crippen molar-refractivity contribution in [1.29, 1.82) is 0 Å². The van der Waals surface area contributed by atoms with Gasteiger partial charge in [-0.15, -0.1) is 0 Å². The van der Waals surface area contributed by atoms with Crippen molar-refractivity contribution in [2.75, 3.05) is 13.1 Å². The molecule has 1 atom stereocenters. The van der Waals surface area contributed by atoms with Crippen LogP contribution in [0.3, 0.4) is 0 Å². The average Bonchev–Trinajstić information content (AvgIpc) is 3.32. The molecule has 0 radical (unpaired) electrons. The number of fused-ring (bicyclic) bond motifs is 1.